The van der Waals surface area contributed by atoms with Crippen LogP contribution in [0.1, 0.15) is 35.6 Å². The molecule has 24 heavy (non-hydrogen) atoms. The molecule has 1 aromatic carbocycles. The topological polar surface area (TPSA) is 56.3 Å². The molecule has 2 N–H and O–H groups in total. The lowest BCUT2D eigenvalue weighted by molar-refractivity contribution is 0.0903. The fourth-order valence-electron chi connectivity index (χ4n) is 2.89. The number of nitrogens with zero attached hydrogens (tertiary/aromatic N) is 1. The number of Topliss-reactive ketones (excluding diaryl/α,β-unsaturated/α-hetero) is 1. The lowest BCUT2D eigenvalue weighted by Gasteiger charge is -2.20. The minimum Gasteiger partial charge on any atom is -0.510 e. The summed E-state index contributed by atoms with van der Waals surface area (Å²) in [5.74, 6) is -0.787. The number of H-pyrrole nitrogens is 1. The van der Waals surface area contributed by atoms with Crippen molar-refractivity contribution in [2.24, 2.45) is 5.92 Å². The zero-order valence-electron chi connectivity index (χ0n) is 13.8. The number of aromatic amines is 1. The Hall–Kier alpha value is -2.56. The van der Waals surface area contributed by atoms with Gasteiger partial charge in [0.2, 0.25) is 0 Å². The standard InChI is InChI=1S/C19H21FN2O2/c1-12(2)22-10-16(18(23)11-22)19(24)17-8-7-15(21-17)9-13-3-5-14(20)6-4-13/h3-8,11-12,16,21,23H,9-10H2,1-2H3. The van der Waals surface area contributed by atoms with Crippen molar-refractivity contribution in [1.29, 1.82) is 0 Å². The number of hydrogen-bond acceptors (Lipinski definition) is 3. The van der Waals surface area contributed by atoms with E-state index in [9.17, 15) is 14.3 Å². The lowest BCUT2D eigenvalue weighted by Crippen LogP contribution is -2.29. The maximum atomic E-state index is 12.9. The summed E-state index contributed by atoms with van der Waals surface area (Å²) < 4.78 is 12.9. The van der Waals surface area contributed by atoms with E-state index in [0.29, 0.717) is 18.7 Å². The first-order chi connectivity index (χ1) is 11.4. The molecular weight excluding hydrogens is 307 g/mol. The van der Waals surface area contributed by atoms with Gasteiger partial charge in [0, 0.05) is 30.9 Å². The van der Waals surface area contributed by atoms with Crippen molar-refractivity contribution in [2.75, 3.05) is 6.54 Å². The molecule has 1 atom stereocenters. The predicted octanol–water partition coefficient (Wildman–Crippen LogP) is 3.67. The molecule has 0 amide bonds. The Morgan fingerprint density at radius 3 is 2.62 bits per heavy atom. The summed E-state index contributed by atoms with van der Waals surface area (Å²) >= 11 is 0. The highest BCUT2D eigenvalue weighted by molar-refractivity contribution is 5.98. The third-order valence-electron chi connectivity index (χ3n) is 4.35. The van der Waals surface area contributed by atoms with Gasteiger partial charge >= 0.3 is 0 Å². The molecule has 0 radical (unpaired) electrons. The summed E-state index contributed by atoms with van der Waals surface area (Å²) in [6.07, 6.45) is 2.24. The molecule has 0 spiro atoms. The first-order valence-electron chi connectivity index (χ1n) is 8.07. The van der Waals surface area contributed by atoms with Crippen LogP contribution in [0.25, 0.3) is 0 Å². The normalized spacial score (nSPS) is 17.4. The van der Waals surface area contributed by atoms with Gasteiger partial charge in [0.1, 0.15) is 11.6 Å². The van der Waals surface area contributed by atoms with E-state index < -0.39 is 5.92 Å². The van der Waals surface area contributed by atoms with E-state index in [-0.39, 0.29) is 23.4 Å². The van der Waals surface area contributed by atoms with Gasteiger partial charge in [-0.25, -0.2) is 4.39 Å². The minimum atomic E-state index is -0.523. The number of carbonyl (C=O) groups is 1. The van der Waals surface area contributed by atoms with E-state index in [2.05, 4.69) is 4.98 Å². The highest BCUT2D eigenvalue weighted by atomic mass is 19.1. The average molecular weight is 328 g/mol. The maximum Gasteiger partial charge on any atom is 0.191 e. The Kier molecular flexibility index (Phi) is 4.42. The van der Waals surface area contributed by atoms with Gasteiger partial charge in [-0.1, -0.05) is 12.1 Å². The molecule has 1 aromatic heterocycles. The fourth-order valence-corrected chi connectivity index (χ4v) is 2.89. The summed E-state index contributed by atoms with van der Waals surface area (Å²) in [6.45, 7) is 4.53. The van der Waals surface area contributed by atoms with Crippen molar-refractivity contribution < 1.29 is 14.3 Å². The van der Waals surface area contributed by atoms with E-state index in [1.54, 1.807) is 24.4 Å². The van der Waals surface area contributed by atoms with E-state index in [1.165, 1.54) is 12.1 Å². The Morgan fingerprint density at radius 2 is 2.00 bits per heavy atom. The molecule has 0 saturated heterocycles. The van der Waals surface area contributed by atoms with Crippen LogP contribution < -0.4 is 0 Å². The second-order valence-electron chi connectivity index (χ2n) is 6.46. The quantitative estimate of drug-likeness (QED) is 0.824. The summed E-state index contributed by atoms with van der Waals surface area (Å²) in [4.78, 5) is 17.7. The Balaban J connectivity index is 1.70. The molecule has 0 saturated carbocycles. The number of aromatic nitrogens is 1. The number of aliphatic hydroxyl groups excluding tert-OH is 1. The summed E-state index contributed by atoms with van der Waals surface area (Å²) in [6, 6.07) is 10.1. The van der Waals surface area contributed by atoms with Gasteiger partial charge in [-0.2, -0.15) is 0 Å². The smallest absolute Gasteiger partial charge is 0.191 e. The van der Waals surface area contributed by atoms with Crippen LogP contribution in [0.4, 0.5) is 4.39 Å². The Bertz CT molecular complexity index is 762. The third-order valence-corrected chi connectivity index (χ3v) is 4.35. The molecular formula is C19H21FN2O2. The average Bonchev–Trinajstić information content (AvgIpc) is 3.16. The third kappa shape index (κ3) is 3.35. The number of aliphatic hydroxyl groups is 1. The summed E-state index contributed by atoms with van der Waals surface area (Å²) in [7, 11) is 0. The Labute approximate surface area is 140 Å². The summed E-state index contributed by atoms with van der Waals surface area (Å²) in [5.41, 5.74) is 2.33. The van der Waals surface area contributed by atoms with Gasteiger partial charge in [0.05, 0.1) is 11.6 Å². The number of nitrogens with one attached hydrogen (secondary N) is 1. The van der Waals surface area contributed by atoms with Crippen LogP contribution in [0, 0.1) is 11.7 Å². The first kappa shape index (κ1) is 16.3. The van der Waals surface area contributed by atoms with Crippen LogP contribution in [0.15, 0.2) is 48.4 Å². The second kappa shape index (κ2) is 6.51. The predicted molar refractivity (Wildman–Crippen MR) is 90.4 cm³/mol. The van der Waals surface area contributed by atoms with Crippen molar-refractivity contribution in [2.45, 2.75) is 26.3 Å². The molecule has 2 heterocycles. The van der Waals surface area contributed by atoms with Crippen LogP contribution in [-0.4, -0.2) is 33.4 Å². The number of carbonyl (C=O) groups excluding carboxylic acids is 1. The van der Waals surface area contributed by atoms with Gasteiger partial charge in [-0.15, -0.1) is 0 Å². The van der Waals surface area contributed by atoms with E-state index in [0.717, 1.165) is 11.3 Å². The zero-order valence-corrected chi connectivity index (χ0v) is 13.8. The molecule has 0 bridgehead atoms. The monoisotopic (exact) mass is 328 g/mol. The minimum absolute atomic E-state index is 0.114. The molecule has 126 valence electrons. The molecule has 1 unspecified atom stereocenters. The molecule has 5 heteroatoms. The molecule has 4 nitrogen and oxygen atoms in total. The van der Waals surface area contributed by atoms with Gasteiger partial charge in [-0.05, 0) is 43.7 Å². The van der Waals surface area contributed by atoms with Crippen LogP contribution in [0.3, 0.4) is 0 Å². The number of rotatable bonds is 5. The molecule has 3 rings (SSSR count). The SMILES string of the molecule is CC(C)N1C=C(O)C(C(=O)c2ccc(Cc3ccc(F)cc3)[nH]2)C1. The molecule has 0 fully saturated rings. The van der Waals surface area contributed by atoms with Crippen molar-refractivity contribution in [3.05, 3.63) is 71.1 Å². The maximum absolute atomic E-state index is 12.9. The van der Waals surface area contributed by atoms with E-state index in [4.69, 9.17) is 0 Å². The highest BCUT2D eigenvalue weighted by Crippen LogP contribution is 2.25. The first-order valence-corrected chi connectivity index (χ1v) is 8.07. The fraction of sp³-hybridized carbons (Fsp3) is 0.316. The summed E-state index contributed by atoms with van der Waals surface area (Å²) in [5, 5.41) is 10.1. The van der Waals surface area contributed by atoms with E-state index in [1.807, 2.05) is 24.8 Å². The molecule has 0 aliphatic carbocycles. The van der Waals surface area contributed by atoms with Gasteiger partial charge < -0.3 is 15.0 Å². The van der Waals surface area contributed by atoms with Crippen molar-refractivity contribution in [3.63, 3.8) is 0 Å². The largest absolute Gasteiger partial charge is 0.510 e. The van der Waals surface area contributed by atoms with Gasteiger partial charge in [-0.3, -0.25) is 4.79 Å². The second-order valence-corrected chi connectivity index (χ2v) is 6.46. The van der Waals surface area contributed by atoms with Crippen LogP contribution in [-0.2, 0) is 6.42 Å². The van der Waals surface area contributed by atoms with Crippen molar-refractivity contribution >= 4 is 5.78 Å². The number of benzene rings is 1. The lowest BCUT2D eigenvalue weighted by atomic mass is 10.0. The molecule has 1 aliphatic heterocycles. The van der Waals surface area contributed by atoms with Crippen LogP contribution >= 0.6 is 0 Å². The van der Waals surface area contributed by atoms with E-state index >= 15 is 0 Å². The Morgan fingerprint density at radius 1 is 1.29 bits per heavy atom. The van der Waals surface area contributed by atoms with Crippen molar-refractivity contribution in [1.82, 2.24) is 9.88 Å². The van der Waals surface area contributed by atoms with Crippen LogP contribution in [0.5, 0.6) is 0 Å². The number of ketones is 1. The number of hydrogen-bond donors (Lipinski definition) is 2. The van der Waals surface area contributed by atoms with Gasteiger partial charge in [0.15, 0.2) is 5.78 Å². The molecule has 2 aromatic rings. The number of halogens is 1. The highest BCUT2D eigenvalue weighted by Gasteiger charge is 2.32. The molecule has 1 aliphatic rings. The van der Waals surface area contributed by atoms with Crippen molar-refractivity contribution in [3.8, 4) is 0 Å². The van der Waals surface area contributed by atoms with Crippen LogP contribution in [0.2, 0.25) is 0 Å². The zero-order chi connectivity index (χ0) is 17.3. The van der Waals surface area contributed by atoms with Gasteiger partial charge in [0.25, 0.3) is 0 Å².